The summed E-state index contributed by atoms with van der Waals surface area (Å²) >= 11 is 5.86. The Balaban J connectivity index is 3.02. The first-order valence-electron chi connectivity index (χ1n) is 4.12. The van der Waals surface area contributed by atoms with E-state index in [4.69, 9.17) is 21.4 Å². The first-order valence-corrected chi connectivity index (χ1v) is 4.50. The highest BCUT2D eigenvalue weighted by Crippen LogP contribution is 2.28. The van der Waals surface area contributed by atoms with Crippen LogP contribution in [0.2, 0.25) is 5.02 Å². The van der Waals surface area contributed by atoms with Crippen LogP contribution in [0.15, 0.2) is 18.2 Å². The molecule has 1 atom stereocenters. The van der Waals surface area contributed by atoms with Crippen molar-refractivity contribution in [2.45, 2.75) is 12.8 Å². The Hall–Kier alpha value is -1.22. The number of benzene rings is 1. The van der Waals surface area contributed by atoms with Crippen molar-refractivity contribution < 1.29 is 14.6 Å². The van der Waals surface area contributed by atoms with Gasteiger partial charge in [0.1, 0.15) is 5.75 Å². The maximum Gasteiger partial charge on any atom is 0.310 e. The lowest BCUT2D eigenvalue weighted by molar-refractivity contribution is -0.138. The van der Waals surface area contributed by atoms with Crippen molar-refractivity contribution in [3.8, 4) is 5.75 Å². The molecule has 1 aromatic rings. The Morgan fingerprint density at radius 1 is 1.57 bits per heavy atom. The molecule has 0 aliphatic heterocycles. The summed E-state index contributed by atoms with van der Waals surface area (Å²) in [5.41, 5.74) is 0.670. The molecule has 0 aliphatic rings. The molecular formula is C10H11ClO3. The average Bonchev–Trinajstić information content (AvgIpc) is 2.16. The Morgan fingerprint density at radius 3 is 2.64 bits per heavy atom. The van der Waals surface area contributed by atoms with Crippen LogP contribution in [-0.2, 0) is 4.79 Å². The second-order valence-electron chi connectivity index (χ2n) is 2.95. The van der Waals surface area contributed by atoms with Gasteiger partial charge in [0.05, 0.1) is 18.1 Å². The van der Waals surface area contributed by atoms with Crippen molar-refractivity contribution in [2.75, 3.05) is 7.11 Å². The van der Waals surface area contributed by atoms with E-state index in [-0.39, 0.29) is 0 Å². The van der Waals surface area contributed by atoms with Crippen LogP contribution in [-0.4, -0.2) is 18.2 Å². The van der Waals surface area contributed by atoms with E-state index in [2.05, 4.69) is 0 Å². The Labute approximate surface area is 87.3 Å². The highest BCUT2D eigenvalue weighted by Gasteiger charge is 2.14. The van der Waals surface area contributed by atoms with Crippen molar-refractivity contribution in [3.05, 3.63) is 28.8 Å². The molecule has 0 amide bonds. The van der Waals surface area contributed by atoms with E-state index < -0.39 is 11.9 Å². The first kappa shape index (κ1) is 10.9. The number of rotatable bonds is 3. The van der Waals surface area contributed by atoms with Crippen LogP contribution in [0, 0.1) is 0 Å². The lowest BCUT2D eigenvalue weighted by atomic mass is 10.0. The molecule has 0 aromatic heterocycles. The van der Waals surface area contributed by atoms with Crippen molar-refractivity contribution in [1.82, 2.24) is 0 Å². The molecule has 1 aromatic carbocycles. The quantitative estimate of drug-likeness (QED) is 0.841. The zero-order valence-corrected chi connectivity index (χ0v) is 8.71. The number of carbonyl (C=O) groups is 1. The number of hydrogen-bond donors (Lipinski definition) is 1. The molecule has 0 saturated carbocycles. The van der Waals surface area contributed by atoms with Crippen LogP contribution < -0.4 is 4.74 Å². The fourth-order valence-corrected chi connectivity index (χ4v) is 1.36. The highest BCUT2D eigenvalue weighted by atomic mass is 35.5. The van der Waals surface area contributed by atoms with Crippen LogP contribution >= 0.6 is 11.6 Å². The molecule has 1 N–H and O–H groups in total. The van der Waals surface area contributed by atoms with E-state index in [1.54, 1.807) is 25.1 Å². The van der Waals surface area contributed by atoms with Gasteiger partial charge in [0, 0.05) is 0 Å². The molecule has 0 spiro atoms. The average molecular weight is 215 g/mol. The van der Waals surface area contributed by atoms with E-state index in [1.807, 2.05) is 0 Å². The van der Waals surface area contributed by atoms with Crippen molar-refractivity contribution >= 4 is 17.6 Å². The molecule has 0 bridgehead atoms. The summed E-state index contributed by atoms with van der Waals surface area (Å²) < 4.78 is 4.96. The number of aliphatic carboxylic acids is 1. The van der Waals surface area contributed by atoms with Gasteiger partial charge in [-0.3, -0.25) is 4.79 Å². The second kappa shape index (κ2) is 4.33. The monoisotopic (exact) mass is 214 g/mol. The van der Waals surface area contributed by atoms with Gasteiger partial charge in [-0.15, -0.1) is 0 Å². The van der Waals surface area contributed by atoms with Gasteiger partial charge in [0.2, 0.25) is 0 Å². The topological polar surface area (TPSA) is 46.5 Å². The third-order valence-corrected chi connectivity index (χ3v) is 2.34. The minimum atomic E-state index is -0.869. The van der Waals surface area contributed by atoms with Gasteiger partial charge < -0.3 is 9.84 Å². The van der Waals surface area contributed by atoms with E-state index >= 15 is 0 Å². The summed E-state index contributed by atoms with van der Waals surface area (Å²) in [5.74, 6) is -0.877. The zero-order chi connectivity index (χ0) is 10.7. The smallest absolute Gasteiger partial charge is 0.310 e. The number of methoxy groups -OCH3 is 1. The van der Waals surface area contributed by atoms with Gasteiger partial charge in [-0.1, -0.05) is 17.7 Å². The summed E-state index contributed by atoms with van der Waals surface area (Å²) in [6.45, 7) is 1.61. The molecule has 0 radical (unpaired) electrons. The Bertz CT molecular complexity index is 349. The molecule has 0 aliphatic carbocycles. The van der Waals surface area contributed by atoms with E-state index in [0.717, 1.165) is 0 Å². The van der Waals surface area contributed by atoms with Gasteiger partial charge in [0.15, 0.2) is 0 Å². The van der Waals surface area contributed by atoms with Gasteiger partial charge in [-0.05, 0) is 24.6 Å². The standard InChI is InChI=1S/C10H11ClO3/c1-6(10(12)13)7-3-4-9(14-2)8(11)5-7/h3-6H,1-2H3,(H,12,13)/t6-/m0/s1. The van der Waals surface area contributed by atoms with Crippen molar-refractivity contribution in [1.29, 1.82) is 0 Å². The Morgan fingerprint density at radius 2 is 2.21 bits per heavy atom. The highest BCUT2D eigenvalue weighted by molar-refractivity contribution is 6.32. The third-order valence-electron chi connectivity index (χ3n) is 2.05. The zero-order valence-electron chi connectivity index (χ0n) is 7.95. The van der Waals surface area contributed by atoms with Crippen molar-refractivity contribution in [3.63, 3.8) is 0 Å². The van der Waals surface area contributed by atoms with E-state index in [9.17, 15) is 4.79 Å². The molecule has 76 valence electrons. The normalized spacial score (nSPS) is 12.2. The molecular weight excluding hydrogens is 204 g/mol. The summed E-state index contributed by atoms with van der Waals surface area (Å²) in [6, 6.07) is 4.97. The predicted molar refractivity (Wildman–Crippen MR) is 54.1 cm³/mol. The molecule has 0 heterocycles. The predicted octanol–water partition coefficient (Wildman–Crippen LogP) is 2.54. The number of hydrogen-bond acceptors (Lipinski definition) is 2. The summed E-state index contributed by atoms with van der Waals surface area (Å²) in [7, 11) is 1.52. The lowest BCUT2D eigenvalue weighted by Gasteiger charge is -2.09. The Kier molecular flexibility index (Phi) is 3.36. The fourth-order valence-electron chi connectivity index (χ4n) is 1.09. The molecule has 3 nitrogen and oxygen atoms in total. The van der Waals surface area contributed by atoms with Gasteiger partial charge in [-0.25, -0.2) is 0 Å². The molecule has 0 unspecified atom stereocenters. The molecule has 0 fully saturated rings. The number of ether oxygens (including phenoxy) is 1. The number of carboxylic acid groups (broad SMARTS) is 1. The van der Waals surface area contributed by atoms with E-state index in [0.29, 0.717) is 16.3 Å². The van der Waals surface area contributed by atoms with E-state index in [1.165, 1.54) is 7.11 Å². The molecule has 14 heavy (non-hydrogen) atoms. The minimum Gasteiger partial charge on any atom is -0.495 e. The largest absolute Gasteiger partial charge is 0.495 e. The van der Waals surface area contributed by atoms with Gasteiger partial charge >= 0.3 is 5.97 Å². The summed E-state index contributed by atoms with van der Waals surface area (Å²) in [6.07, 6.45) is 0. The maximum absolute atomic E-state index is 10.7. The number of carboxylic acids is 1. The van der Waals surface area contributed by atoms with Crippen LogP contribution in [0.25, 0.3) is 0 Å². The first-order chi connectivity index (χ1) is 6.56. The molecule has 1 rings (SSSR count). The summed E-state index contributed by atoms with van der Waals surface area (Å²) in [4.78, 5) is 10.7. The minimum absolute atomic E-state index is 0.429. The van der Waals surface area contributed by atoms with Crippen LogP contribution in [0.3, 0.4) is 0 Å². The second-order valence-corrected chi connectivity index (χ2v) is 3.36. The summed E-state index contributed by atoms with van der Waals surface area (Å²) in [5, 5.41) is 9.21. The SMILES string of the molecule is COc1ccc([C@H](C)C(=O)O)cc1Cl. The number of halogens is 1. The molecule has 0 saturated heterocycles. The third kappa shape index (κ3) is 2.17. The van der Waals surface area contributed by atoms with Crippen molar-refractivity contribution in [2.24, 2.45) is 0 Å². The van der Waals surface area contributed by atoms with Gasteiger partial charge in [0.25, 0.3) is 0 Å². The fraction of sp³-hybridized carbons (Fsp3) is 0.300. The van der Waals surface area contributed by atoms with Crippen LogP contribution in [0.5, 0.6) is 5.75 Å². The van der Waals surface area contributed by atoms with Crippen LogP contribution in [0.1, 0.15) is 18.4 Å². The lowest BCUT2D eigenvalue weighted by Crippen LogP contribution is -2.07. The van der Waals surface area contributed by atoms with Crippen LogP contribution in [0.4, 0.5) is 0 Å². The van der Waals surface area contributed by atoms with Gasteiger partial charge in [-0.2, -0.15) is 0 Å². The molecule has 4 heteroatoms. The maximum atomic E-state index is 10.7.